The molecule has 4 nitrogen and oxygen atoms in total. The van der Waals surface area contributed by atoms with Gasteiger partial charge < -0.3 is 5.11 Å². The van der Waals surface area contributed by atoms with Crippen molar-refractivity contribution in [1.29, 1.82) is 0 Å². The first-order valence-electron chi connectivity index (χ1n) is 7.78. The zero-order valence-corrected chi connectivity index (χ0v) is 13.5. The van der Waals surface area contributed by atoms with E-state index in [0.29, 0.717) is 17.9 Å². The number of carboxylic acid groups (broad SMARTS) is 1. The van der Waals surface area contributed by atoms with E-state index in [9.17, 15) is 9.90 Å². The highest BCUT2D eigenvalue weighted by molar-refractivity contribution is 6.30. The number of aromatic nitrogens is 1. The van der Waals surface area contributed by atoms with Crippen LogP contribution in [0.3, 0.4) is 0 Å². The molecule has 2 aromatic rings. The lowest BCUT2D eigenvalue weighted by Crippen LogP contribution is -2.39. The summed E-state index contributed by atoms with van der Waals surface area (Å²) in [4.78, 5) is 18.0. The van der Waals surface area contributed by atoms with E-state index in [1.54, 1.807) is 6.20 Å². The lowest BCUT2D eigenvalue weighted by atomic mass is 9.93. The molecule has 0 radical (unpaired) electrons. The SMILES string of the molecule is O=C(O)C1CCN(C(c2ccc(Cl)cc2)c2ccccn2)CC1. The molecule has 0 aliphatic carbocycles. The third-order valence-corrected chi connectivity index (χ3v) is 4.65. The Morgan fingerprint density at radius 1 is 1.17 bits per heavy atom. The summed E-state index contributed by atoms with van der Waals surface area (Å²) < 4.78 is 0. The summed E-state index contributed by atoms with van der Waals surface area (Å²) in [5.74, 6) is -0.925. The van der Waals surface area contributed by atoms with E-state index < -0.39 is 5.97 Å². The molecule has 0 spiro atoms. The average molecular weight is 331 g/mol. The number of likely N-dealkylation sites (tertiary alicyclic amines) is 1. The average Bonchev–Trinajstić information content (AvgIpc) is 2.58. The maximum atomic E-state index is 11.2. The Hall–Kier alpha value is -1.91. The highest BCUT2D eigenvalue weighted by Crippen LogP contribution is 2.32. The Kier molecular flexibility index (Phi) is 4.94. The van der Waals surface area contributed by atoms with Gasteiger partial charge in [0.1, 0.15) is 0 Å². The number of benzene rings is 1. The molecular weight excluding hydrogens is 312 g/mol. The lowest BCUT2D eigenvalue weighted by Gasteiger charge is -2.36. The van der Waals surface area contributed by atoms with Crippen molar-refractivity contribution in [3.63, 3.8) is 0 Å². The van der Waals surface area contributed by atoms with Crippen molar-refractivity contribution in [2.24, 2.45) is 5.92 Å². The van der Waals surface area contributed by atoms with Crippen molar-refractivity contribution in [2.75, 3.05) is 13.1 Å². The number of hydrogen-bond acceptors (Lipinski definition) is 3. The molecule has 23 heavy (non-hydrogen) atoms. The molecule has 1 unspecified atom stereocenters. The fraction of sp³-hybridized carbons (Fsp3) is 0.333. The van der Waals surface area contributed by atoms with Crippen LogP contribution in [0.4, 0.5) is 0 Å². The van der Waals surface area contributed by atoms with E-state index >= 15 is 0 Å². The number of nitrogens with zero attached hydrogens (tertiary/aromatic N) is 2. The van der Waals surface area contributed by atoms with Gasteiger partial charge in [-0.05, 0) is 55.8 Å². The van der Waals surface area contributed by atoms with Gasteiger partial charge in [-0.25, -0.2) is 0 Å². The van der Waals surface area contributed by atoms with Gasteiger partial charge in [0.2, 0.25) is 0 Å². The fourth-order valence-electron chi connectivity index (χ4n) is 3.16. The van der Waals surface area contributed by atoms with Gasteiger partial charge >= 0.3 is 5.97 Å². The third-order valence-electron chi connectivity index (χ3n) is 4.40. The number of aliphatic carboxylic acids is 1. The molecule has 0 saturated carbocycles. The molecule has 1 aromatic heterocycles. The smallest absolute Gasteiger partial charge is 0.306 e. The molecule has 0 amide bonds. The molecular formula is C18H19ClN2O2. The maximum absolute atomic E-state index is 11.2. The van der Waals surface area contributed by atoms with Gasteiger partial charge in [-0.3, -0.25) is 14.7 Å². The van der Waals surface area contributed by atoms with Gasteiger partial charge in [-0.15, -0.1) is 0 Å². The van der Waals surface area contributed by atoms with Crippen LogP contribution in [0.1, 0.15) is 30.1 Å². The molecule has 1 aliphatic rings. The first kappa shape index (κ1) is 16.0. The summed E-state index contributed by atoms with van der Waals surface area (Å²) in [6, 6.07) is 13.7. The van der Waals surface area contributed by atoms with Gasteiger partial charge in [-0.1, -0.05) is 29.8 Å². The lowest BCUT2D eigenvalue weighted by molar-refractivity contribution is -0.143. The number of rotatable bonds is 4. The maximum Gasteiger partial charge on any atom is 0.306 e. The topological polar surface area (TPSA) is 53.4 Å². The first-order valence-corrected chi connectivity index (χ1v) is 8.16. The van der Waals surface area contributed by atoms with Gasteiger partial charge in [0, 0.05) is 11.2 Å². The normalized spacial score (nSPS) is 17.8. The molecule has 1 saturated heterocycles. The summed E-state index contributed by atoms with van der Waals surface area (Å²) >= 11 is 6.01. The molecule has 1 N–H and O–H groups in total. The summed E-state index contributed by atoms with van der Waals surface area (Å²) in [5.41, 5.74) is 2.10. The molecule has 1 aliphatic heterocycles. The van der Waals surface area contributed by atoms with Crippen LogP contribution in [0.5, 0.6) is 0 Å². The number of carboxylic acids is 1. The zero-order chi connectivity index (χ0) is 16.2. The largest absolute Gasteiger partial charge is 0.481 e. The second-order valence-corrected chi connectivity index (χ2v) is 6.29. The Labute approximate surface area is 140 Å². The molecule has 2 heterocycles. The summed E-state index contributed by atoms with van der Waals surface area (Å²) in [7, 11) is 0. The Balaban J connectivity index is 1.87. The van der Waals surface area contributed by atoms with Crippen LogP contribution in [0, 0.1) is 5.92 Å². The highest BCUT2D eigenvalue weighted by atomic mass is 35.5. The number of pyridine rings is 1. The van der Waals surface area contributed by atoms with Crippen molar-refractivity contribution in [3.8, 4) is 0 Å². The Morgan fingerprint density at radius 3 is 2.43 bits per heavy atom. The second kappa shape index (κ2) is 7.11. The van der Waals surface area contributed by atoms with E-state index in [4.69, 9.17) is 11.6 Å². The zero-order valence-electron chi connectivity index (χ0n) is 12.7. The third kappa shape index (κ3) is 3.71. The van der Waals surface area contributed by atoms with Crippen molar-refractivity contribution < 1.29 is 9.90 Å². The molecule has 3 rings (SSSR count). The summed E-state index contributed by atoms with van der Waals surface area (Å²) in [6.07, 6.45) is 3.14. The van der Waals surface area contributed by atoms with E-state index in [-0.39, 0.29) is 12.0 Å². The molecule has 0 bridgehead atoms. The van der Waals surface area contributed by atoms with Crippen LogP contribution < -0.4 is 0 Å². The van der Waals surface area contributed by atoms with Crippen LogP contribution in [0.25, 0.3) is 0 Å². The van der Waals surface area contributed by atoms with E-state index in [1.807, 2.05) is 42.5 Å². The van der Waals surface area contributed by atoms with Crippen LogP contribution in [0.2, 0.25) is 5.02 Å². The number of hydrogen-bond donors (Lipinski definition) is 1. The van der Waals surface area contributed by atoms with E-state index in [1.165, 1.54) is 0 Å². The fourth-order valence-corrected chi connectivity index (χ4v) is 3.28. The predicted molar refractivity (Wildman–Crippen MR) is 89.5 cm³/mol. The number of halogens is 1. The van der Waals surface area contributed by atoms with Crippen molar-refractivity contribution in [3.05, 3.63) is 64.9 Å². The standard InChI is InChI=1S/C18H19ClN2O2/c19-15-6-4-13(5-7-15)17(16-3-1-2-10-20-16)21-11-8-14(9-12-21)18(22)23/h1-7,10,14,17H,8-9,11-12H2,(H,22,23). The van der Waals surface area contributed by atoms with Gasteiger partial charge in [0.15, 0.2) is 0 Å². The van der Waals surface area contributed by atoms with Crippen LogP contribution in [-0.4, -0.2) is 34.0 Å². The molecule has 120 valence electrons. The minimum absolute atomic E-state index is 0.0308. The van der Waals surface area contributed by atoms with Gasteiger partial charge in [0.05, 0.1) is 17.7 Å². The van der Waals surface area contributed by atoms with Gasteiger partial charge in [0.25, 0.3) is 0 Å². The first-order chi connectivity index (χ1) is 11.1. The Bertz CT molecular complexity index is 652. The Morgan fingerprint density at radius 2 is 1.87 bits per heavy atom. The van der Waals surface area contributed by atoms with Crippen LogP contribution in [0.15, 0.2) is 48.7 Å². The van der Waals surface area contributed by atoms with Crippen molar-refractivity contribution >= 4 is 17.6 Å². The highest BCUT2D eigenvalue weighted by Gasteiger charge is 2.30. The molecule has 5 heteroatoms. The van der Waals surface area contributed by atoms with Crippen LogP contribution in [-0.2, 0) is 4.79 Å². The minimum atomic E-state index is -0.689. The number of piperidine rings is 1. The molecule has 1 aromatic carbocycles. The molecule has 1 fully saturated rings. The summed E-state index contributed by atoms with van der Waals surface area (Å²) in [6.45, 7) is 1.50. The monoisotopic (exact) mass is 330 g/mol. The van der Waals surface area contributed by atoms with Crippen LogP contribution >= 0.6 is 11.6 Å². The number of carbonyl (C=O) groups is 1. The summed E-state index contributed by atoms with van der Waals surface area (Å²) in [5, 5.41) is 9.89. The quantitative estimate of drug-likeness (QED) is 0.930. The van der Waals surface area contributed by atoms with Gasteiger partial charge in [-0.2, -0.15) is 0 Å². The molecule has 1 atom stereocenters. The second-order valence-electron chi connectivity index (χ2n) is 5.86. The van der Waals surface area contributed by atoms with E-state index in [0.717, 1.165) is 24.3 Å². The van der Waals surface area contributed by atoms with Crippen molar-refractivity contribution in [2.45, 2.75) is 18.9 Å². The predicted octanol–water partition coefficient (Wildman–Crippen LogP) is 3.62. The minimum Gasteiger partial charge on any atom is -0.481 e. The van der Waals surface area contributed by atoms with E-state index in [2.05, 4.69) is 9.88 Å². The van der Waals surface area contributed by atoms with Crippen molar-refractivity contribution in [1.82, 2.24) is 9.88 Å².